The minimum Gasteiger partial charge on any atom is -0.438 e. The minimum atomic E-state index is -3.14. The van der Waals surface area contributed by atoms with Crippen molar-refractivity contribution in [2.75, 3.05) is 25.4 Å². The maximum absolute atomic E-state index is 13.4. The highest BCUT2D eigenvalue weighted by atomic mass is 32.2. The predicted octanol–water partition coefficient (Wildman–Crippen LogP) is 5.67. The van der Waals surface area contributed by atoms with Gasteiger partial charge in [-0.05, 0) is 67.5 Å². The third-order valence-corrected chi connectivity index (χ3v) is 9.81. The molecule has 2 fully saturated rings. The molecule has 0 saturated carbocycles. The van der Waals surface area contributed by atoms with Gasteiger partial charge in [-0.1, -0.05) is 54.6 Å². The monoisotopic (exact) mass is 533 g/mol. The van der Waals surface area contributed by atoms with Crippen molar-refractivity contribution in [3.05, 3.63) is 89.7 Å². The van der Waals surface area contributed by atoms with Crippen LogP contribution in [0.2, 0.25) is 0 Å². The second-order valence-electron chi connectivity index (χ2n) is 10.3. The van der Waals surface area contributed by atoms with Gasteiger partial charge in [0.05, 0.1) is 11.8 Å². The van der Waals surface area contributed by atoms with Gasteiger partial charge in [-0.2, -0.15) is 0 Å². The predicted molar refractivity (Wildman–Crippen MR) is 148 cm³/mol. The molecule has 3 aromatic rings. The quantitative estimate of drug-likeness (QED) is 0.373. The Bertz CT molecular complexity index is 1380. The molecule has 5 rings (SSSR count). The molecule has 200 valence electrons. The van der Waals surface area contributed by atoms with Gasteiger partial charge in [0.15, 0.2) is 0 Å². The van der Waals surface area contributed by atoms with Crippen molar-refractivity contribution in [1.82, 2.24) is 14.2 Å². The topological polar surface area (TPSA) is 79.8 Å². The second-order valence-corrected chi connectivity index (χ2v) is 12.4. The number of carbonyl (C=O) groups is 1. The summed E-state index contributed by atoms with van der Waals surface area (Å²) in [5.74, 6) is 0.224. The molecule has 7 nitrogen and oxygen atoms in total. The van der Waals surface area contributed by atoms with Gasteiger partial charge in [-0.25, -0.2) is 17.5 Å². The number of sulfonamides is 1. The lowest BCUT2D eigenvalue weighted by Crippen LogP contribution is -2.49. The van der Waals surface area contributed by atoms with Crippen molar-refractivity contribution in [2.45, 2.75) is 51.2 Å². The summed E-state index contributed by atoms with van der Waals surface area (Å²) in [6.45, 7) is 5.59. The van der Waals surface area contributed by atoms with E-state index in [9.17, 15) is 13.2 Å². The second kappa shape index (κ2) is 10.9. The molecule has 8 heteroatoms. The van der Waals surface area contributed by atoms with Crippen LogP contribution in [0.15, 0.2) is 72.9 Å². The lowest BCUT2D eigenvalue weighted by Gasteiger charge is -2.43. The van der Waals surface area contributed by atoms with Crippen LogP contribution >= 0.6 is 0 Å². The van der Waals surface area contributed by atoms with Crippen LogP contribution in [-0.4, -0.2) is 54.1 Å². The Balaban J connectivity index is 1.29. The Morgan fingerprint density at radius 1 is 1.03 bits per heavy atom. The molecule has 38 heavy (non-hydrogen) atoms. The summed E-state index contributed by atoms with van der Waals surface area (Å²) in [5.41, 5.74) is 4.44. The minimum absolute atomic E-state index is 0.140. The average Bonchev–Trinajstić information content (AvgIpc) is 3.26. The van der Waals surface area contributed by atoms with E-state index in [0.29, 0.717) is 45.3 Å². The number of pyridine rings is 1. The summed E-state index contributed by atoms with van der Waals surface area (Å²) in [4.78, 5) is 19.5. The van der Waals surface area contributed by atoms with Gasteiger partial charge in [0.25, 0.3) is 0 Å². The molecule has 1 aromatic heterocycles. The lowest BCUT2D eigenvalue weighted by atomic mass is 9.84. The number of carbonyl (C=O) groups excluding carboxylic acids is 1. The first-order valence-electron chi connectivity index (χ1n) is 13.3. The van der Waals surface area contributed by atoms with Crippen LogP contribution in [0.3, 0.4) is 0 Å². The van der Waals surface area contributed by atoms with Gasteiger partial charge in [0.2, 0.25) is 10.0 Å². The number of hydrogen-bond donors (Lipinski definition) is 0. The number of aromatic nitrogens is 1. The molecule has 2 aliphatic heterocycles. The van der Waals surface area contributed by atoms with Crippen LogP contribution in [0, 0.1) is 6.92 Å². The van der Waals surface area contributed by atoms with E-state index in [4.69, 9.17) is 4.74 Å². The van der Waals surface area contributed by atoms with E-state index in [1.54, 1.807) is 9.21 Å². The fraction of sp³-hybridized carbons (Fsp3) is 0.400. The Morgan fingerprint density at radius 3 is 2.45 bits per heavy atom. The van der Waals surface area contributed by atoms with Gasteiger partial charge >= 0.3 is 6.09 Å². The molecule has 2 saturated heterocycles. The number of amides is 1. The van der Waals surface area contributed by atoms with Crippen LogP contribution < -0.4 is 0 Å². The molecular weight excluding hydrogens is 498 g/mol. The zero-order valence-electron chi connectivity index (χ0n) is 22.0. The SMILES string of the molecule is Cc1cc(-c2ccc([C@H](C)N3CC[C@](CCCN4CCCS4(=O)=O)(c4ccccc4)OC3=O)cc2)ccn1. The standard InChI is InChI=1S/C30H35N3O4S/c1-23-22-27(14-17-31-23)26-12-10-25(11-13-26)24(2)33-20-16-30(37-29(33)34,28-8-4-3-5-9-28)15-6-18-32-19-7-21-38(32,35)36/h3-5,8-14,17,22,24H,6-7,15-16,18-21H2,1-2H3/t24-,30+/m0/s1. The summed E-state index contributed by atoms with van der Waals surface area (Å²) in [6, 6.07) is 22.1. The maximum atomic E-state index is 13.4. The number of aryl methyl sites for hydroxylation is 1. The number of rotatable bonds is 8. The number of cyclic esters (lactones) is 1. The fourth-order valence-corrected chi connectivity index (χ4v) is 7.20. The smallest absolute Gasteiger partial charge is 0.411 e. The van der Waals surface area contributed by atoms with Crippen LogP contribution in [0.4, 0.5) is 4.79 Å². The van der Waals surface area contributed by atoms with Crippen molar-refractivity contribution < 1.29 is 17.9 Å². The first-order chi connectivity index (χ1) is 18.3. The average molecular weight is 534 g/mol. The third kappa shape index (κ3) is 5.47. The largest absolute Gasteiger partial charge is 0.438 e. The highest BCUT2D eigenvalue weighted by molar-refractivity contribution is 7.89. The van der Waals surface area contributed by atoms with E-state index in [-0.39, 0.29) is 17.9 Å². The summed E-state index contributed by atoms with van der Waals surface area (Å²) in [7, 11) is -3.14. The molecule has 0 unspecified atom stereocenters. The molecule has 2 aromatic carbocycles. The molecule has 2 atom stereocenters. The fourth-order valence-electron chi connectivity index (χ4n) is 5.63. The molecule has 2 aliphatic rings. The van der Waals surface area contributed by atoms with Crippen molar-refractivity contribution in [1.29, 1.82) is 0 Å². The van der Waals surface area contributed by atoms with Gasteiger partial charge in [0.1, 0.15) is 5.60 Å². The van der Waals surface area contributed by atoms with Gasteiger partial charge < -0.3 is 9.64 Å². The first kappa shape index (κ1) is 26.4. The molecular formula is C30H35N3O4S. The first-order valence-corrected chi connectivity index (χ1v) is 14.9. The maximum Gasteiger partial charge on any atom is 0.411 e. The zero-order chi connectivity index (χ0) is 26.8. The highest BCUT2D eigenvalue weighted by Crippen LogP contribution is 2.40. The van der Waals surface area contributed by atoms with Crippen LogP contribution in [0.5, 0.6) is 0 Å². The molecule has 0 N–H and O–H groups in total. The molecule has 0 radical (unpaired) electrons. The van der Waals surface area contributed by atoms with Crippen LogP contribution in [0.1, 0.15) is 55.5 Å². The Morgan fingerprint density at radius 2 is 1.79 bits per heavy atom. The van der Waals surface area contributed by atoms with Gasteiger partial charge in [-0.15, -0.1) is 0 Å². The van der Waals surface area contributed by atoms with E-state index in [1.165, 1.54) is 0 Å². The van der Waals surface area contributed by atoms with Gasteiger partial charge in [0, 0.05) is 37.9 Å². The molecule has 0 bridgehead atoms. The summed E-state index contributed by atoms with van der Waals surface area (Å²) in [5, 5.41) is 0. The number of nitrogens with zero attached hydrogens (tertiary/aromatic N) is 3. The third-order valence-electron chi connectivity index (χ3n) is 7.86. The molecule has 0 aliphatic carbocycles. The normalized spacial score (nSPS) is 22.3. The molecule has 3 heterocycles. The van der Waals surface area contributed by atoms with Crippen LogP contribution in [-0.2, 0) is 20.4 Å². The van der Waals surface area contributed by atoms with Crippen molar-refractivity contribution >= 4 is 16.1 Å². The summed E-state index contributed by atoms with van der Waals surface area (Å²) < 4.78 is 32.3. The van der Waals surface area contributed by atoms with Crippen molar-refractivity contribution in [3.8, 4) is 11.1 Å². The van der Waals surface area contributed by atoms with E-state index < -0.39 is 15.6 Å². The van der Waals surface area contributed by atoms with E-state index >= 15 is 0 Å². The number of ether oxygens (including phenoxy) is 1. The zero-order valence-corrected chi connectivity index (χ0v) is 22.9. The van der Waals surface area contributed by atoms with Gasteiger partial charge in [-0.3, -0.25) is 4.98 Å². The van der Waals surface area contributed by atoms with Crippen molar-refractivity contribution in [3.63, 3.8) is 0 Å². The Labute approximate surface area is 225 Å². The molecule has 0 spiro atoms. The summed E-state index contributed by atoms with van der Waals surface area (Å²) in [6.07, 6.45) is 4.01. The van der Waals surface area contributed by atoms with Crippen LogP contribution in [0.25, 0.3) is 11.1 Å². The van der Waals surface area contributed by atoms with E-state index in [0.717, 1.165) is 27.9 Å². The summed E-state index contributed by atoms with van der Waals surface area (Å²) >= 11 is 0. The van der Waals surface area contributed by atoms with Crippen molar-refractivity contribution in [2.24, 2.45) is 0 Å². The molecule has 1 amide bonds. The Kier molecular flexibility index (Phi) is 7.54. The van der Waals surface area contributed by atoms with E-state index in [2.05, 4.69) is 35.3 Å². The highest BCUT2D eigenvalue weighted by Gasteiger charge is 2.43. The lowest BCUT2D eigenvalue weighted by molar-refractivity contribution is -0.0667. The Hall–Kier alpha value is -3.23. The number of hydrogen-bond acceptors (Lipinski definition) is 5. The van der Waals surface area contributed by atoms with E-state index in [1.807, 2.05) is 56.4 Å². The number of benzene rings is 2.